The lowest BCUT2D eigenvalue weighted by molar-refractivity contribution is -0.151. The van der Waals surface area contributed by atoms with E-state index in [1.165, 1.54) is 14.1 Å². The minimum absolute atomic E-state index is 0.0117. The van der Waals surface area contributed by atoms with Crippen LogP contribution < -0.4 is 4.74 Å². The van der Waals surface area contributed by atoms with E-state index in [-0.39, 0.29) is 24.1 Å². The number of aryl methyl sites for hydroxylation is 1. The van der Waals surface area contributed by atoms with Gasteiger partial charge < -0.3 is 14.0 Å². The number of rotatable bonds is 7. The molecule has 0 spiro atoms. The van der Waals surface area contributed by atoms with Crippen LogP contribution in [-0.2, 0) is 39.1 Å². The van der Waals surface area contributed by atoms with Gasteiger partial charge in [0.2, 0.25) is 10.0 Å². The summed E-state index contributed by atoms with van der Waals surface area (Å²) in [5, 5.41) is 0.593. The van der Waals surface area contributed by atoms with Crippen molar-refractivity contribution < 1.29 is 22.7 Å². The molecule has 4 rings (SSSR count). The summed E-state index contributed by atoms with van der Waals surface area (Å²) in [6.45, 7) is 2.93. The number of nitrogens with zero attached hydrogens (tertiary/aromatic N) is 3. The van der Waals surface area contributed by atoms with Crippen molar-refractivity contribution in [3.8, 4) is 5.75 Å². The standard InChI is InChI=1S/C23H26ClN3O5S/c1-4-9-27-20-7-6-18(33(29,30)26(2)3)12-19(20)25-22(27)14-32-23(28)16-10-15-11-17(24)5-8-21(15)31-13-16/h5-8,11-12,16H,4,9-10,13-14H2,1-3H3. The molecule has 0 saturated carbocycles. The number of hydrogen-bond donors (Lipinski definition) is 0. The molecule has 0 amide bonds. The van der Waals surface area contributed by atoms with Gasteiger partial charge >= 0.3 is 5.97 Å². The van der Waals surface area contributed by atoms with Gasteiger partial charge in [-0.25, -0.2) is 17.7 Å². The monoisotopic (exact) mass is 491 g/mol. The van der Waals surface area contributed by atoms with Crippen LogP contribution in [0.3, 0.4) is 0 Å². The fourth-order valence-electron chi connectivity index (χ4n) is 3.88. The maximum Gasteiger partial charge on any atom is 0.313 e. The van der Waals surface area contributed by atoms with Crippen molar-refractivity contribution in [3.63, 3.8) is 0 Å². The second-order valence-electron chi connectivity index (χ2n) is 8.19. The van der Waals surface area contributed by atoms with Gasteiger partial charge in [0.05, 0.1) is 21.8 Å². The maximum absolute atomic E-state index is 12.8. The van der Waals surface area contributed by atoms with Crippen molar-refractivity contribution in [2.45, 2.75) is 37.8 Å². The number of aromatic nitrogens is 2. The second kappa shape index (κ2) is 9.32. The molecule has 0 radical (unpaired) electrons. The molecule has 33 heavy (non-hydrogen) atoms. The van der Waals surface area contributed by atoms with Crippen molar-refractivity contribution in [3.05, 3.63) is 52.8 Å². The van der Waals surface area contributed by atoms with Crippen LogP contribution >= 0.6 is 11.6 Å². The van der Waals surface area contributed by atoms with Crippen molar-refractivity contribution in [1.82, 2.24) is 13.9 Å². The molecule has 8 nitrogen and oxygen atoms in total. The number of benzene rings is 2. The van der Waals surface area contributed by atoms with Gasteiger partial charge in [0.25, 0.3) is 0 Å². The van der Waals surface area contributed by atoms with Gasteiger partial charge in [0.1, 0.15) is 24.8 Å². The molecular weight excluding hydrogens is 466 g/mol. The highest BCUT2D eigenvalue weighted by Crippen LogP contribution is 2.30. The van der Waals surface area contributed by atoms with Crippen molar-refractivity contribution >= 4 is 38.6 Å². The van der Waals surface area contributed by atoms with Crippen molar-refractivity contribution in [2.75, 3.05) is 20.7 Å². The van der Waals surface area contributed by atoms with Crippen LogP contribution in [-0.4, -0.2) is 48.9 Å². The Morgan fingerprint density at radius 3 is 2.79 bits per heavy atom. The summed E-state index contributed by atoms with van der Waals surface area (Å²) in [6, 6.07) is 10.2. The second-order valence-corrected chi connectivity index (χ2v) is 10.8. The van der Waals surface area contributed by atoms with Crippen LogP contribution in [0.25, 0.3) is 11.0 Å². The highest BCUT2D eigenvalue weighted by atomic mass is 35.5. The lowest BCUT2D eigenvalue weighted by Gasteiger charge is -2.24. The Bertz CT molecular complexity index is 1300. The highest BCUT2D eigenvalue weighted by Gasteiger charge is 2.28. The summed E-state index contributed by atoms with van der Waals surface area (Å²) in [5.41, 5.74) is 2.22. The lowest BCUT2D eigenvalue weighted by Crippen LogP contribution is -2.30. The van der Waals surface area contributed by atoms with Crippen LogP contribution in [0.15, 0.2) is 41.3 Å². The number of halogens is 1. The smallest absolute Gasteiger partial charge is 0.313 e. The summed E-state index contributed by atoms with van der Waals surface area (Å²) in [7, 11) is -0.602. The Hall–Kier alpha value is -2.62. The third-order valence-electron chi connectivity index (χ3n) is 5.63. The van der Waals surface area contributed by atoms with E-state index in [1.807, 2.05) is 11.5 Å². The van der Waals surface area contributed by atoms with E-state index in [9.17, 15) is 13.2 Å². The third kappa shape index (κ3) is 4.71. The van der Waals surface area contributed by atoms with Gasteiger partial charge in [-0.3, -0.25) is 4.79 Å². The van der Waals surface area contributed by atoms with Crippen LogP contribution in [0.2, 0.25) is 5.02 Å². The molecule has 3 aromatic rings. The molecule has 1 atom stereocenters. The summed E-state index contributed by atoms with van der Waals surface area (Å²) >= 11 is 6.06. The first-order valence-corrected chi connectivity index (χ1v) is 12.5. The first-order chi connectivity index (χ1) is 15.7. The quantitative estimate of drug-likeness (QED) is 0.468. The molecule has 2 heterocycles. The zero-order valence-electron chi connectivity index (χ0n) is 18.7. The zero-order valence-corrected chi connectivity index (χ0v) is 20.3. The first-order valence-electron chi connectivity index (χ1n) is 10.7. The molecule has 1 unspecified atom stereocenters. The Morgan fingerprint density at radius 2 is 2.06 bits per heavy atom. The molecule has 0 aliphatic carbocycles. The van der Waals surface area contributed by atoms with Crippen molar-refractivity contribution in [1.29, 1.82) is 0 Å². The van der Waals surface area contributed by atoms with Gasteiger partial charge in [-0.2, -0.15) is 0 Å². The van der Waals surface area contributed by atoms with Crippen LogP contribution in [0.5, 0.6) is 5.75 Å². The number of hydrogen-bond acceptors (Lipinski definition) is 6. The van der Waals surface area contributed by atoms with E-state index in [2.05, 4.69) is 4.98 Å². The number of carbonyl (C=O) groups excluding carboxylic acids is 1. The molecule has 1 aliphatic heterocycles. The third-order valence-corrected chi connectivity index (χ3v) is 7.68. The zero-order chi connectivity index (χ0) is 23.8. The molecule has 1 aromatic heterocycles. The number of esters is 1. The largest absolute Gasteiger partial charge is 0.492 e. The maximum atomic E-state index is 12.8. The van der Waals surface area contributed by atoms with E-state index < -0.39 is 15.9 Å². The summed E-state index contributed by atoms with van der Waals surface area (Å²) < 4.78 is 39.4. The fraction of sp³-hybridized carbons (Fsp3) is 0.391. The number of sulfonamides is 1. The molecule has 1 aliphatic rings. The first kappa shape index (κ1) is 23.5. The minimum atomic E-state index is -3.58. The van der Waals surface area contributed by atoms with Crippen molar-refractivity contribution in [2.24, 2.45) is 5.92 Å². The van der Waals surface area contributed by atoms with Crippen LogP contribution in [0.1, 0.15) is 24.7 Å². The Kier molecular flexibility index (Phi) is 6.65. The summed E-state index contributed by atoms with van der Waals surface area (Å²) in [4.78, 5) is 17.5. The molecule has 2 aromatic carbocycles. The van der Waals surface area contributed by atoms with Gasteiger partial charge in [-0.05, 0) is 54.8 Å². The average Bonchev–Trinajstić information content (AvgIpc) is 3.13. The molecule has 0 fully saturated rings. The van der Waals surface area contributed by atoms with E-state index >= 15 is 0 Å². The highest BCUT2D eigenvalue weighted by molar-refractivity contribution is 7.89. The van der Waals surface area contributed by atoms with E-state index in [1.54, 1.807) is 36.4 Å². The average molecular weight is 492 g/mol. The topological polar surface area (TPSA) is 90.7 Å². The SMILES string of the molecule is CCCn1c(COC(=O)C2COc3ccc(Cl)cc3C2)nc2cc(S(=O)(=O)N(C)C)ccc21. The van der Waals surface area contributed by atoms with Gasteiger partial charge in [0.15, 0.2) is 0 Å². The van der Waals surface area contributed by atoms with E-state index in [0.29, 0.717) is 29.3 Å². The normalized spacial score (nSPS) is 16.0. The molecular formula is C23H26ClN3O5S. The van der Waals surface area contributed by atoms with Gasteiger partial charge in [-0.15, -0.1) is 0 Å². The van der Waals surface area contributed by atoms with Crippen LogP contribution in [0.4, 0.5) is 0 Å². The Morgan fingerprint density at radius 1 is 1.27 bits per heavy atom. The predicted molar refractivity (Wildman–Crippen MR) is 125 cm³/mol. The lowest BCUT2D eigenvalue weighted by atomic mass is 9.97. The molecule has 0 saturated heterocycles. The number of imidazole rings is 1. The van der Waals surface area contributed by atoms with Gasteiger partial charge in [-0.1, -0.05) is 18.5 Å². The molecule has 176 valence electrons. The number of carbonyl (C=O) groups is 1. The summed E-state index contributed by atoms with van der Waals surface area (Å²) in [5.74, 6) is 0.500. The van der Waals surface area contributed by atoms with E-state index in [4.69, 9.17) is 21.1 Å². The fourth-order valence-corrected chi connectivity index (χ4v) is 5.00. The molecule has 10 heteroatoms. The minimum Gasteiger partial charge on any atom is -0.492 e. The summed E-state index contributed by atoms with van der Waals surface area (Å²) in [6.07, 6.45) is 1.34. The van der Waals surface area contributed by atoms with Crippen LogP contribution in [0, 0.1) is 5.92 Å². The Labute approximate surface area is 198 Å². The Balaban J connectivity index is 1.54. The van der Waals surface area contributed by atoms with Gasteiger partial charge in [0, 0.05) is 25.7 Å². The molecule has 0 N–H and O–H groups in total. The predicted octanol–water partition coefficient (Wildman–Crippen LogP) is 3.64. The van der Waals surface area contributed by atoms with E-state index in [0.717, 1.165) is 27.6 Å². The number of fused-ring (bicyclic) bond motifs is 2. The number of ether oxygens (including phenoxy) is 2. The molecule has 0 bridgehead atoms.